The van der Waals surface area contributed by atoms with Crippen LogP contribution < -0.4 is 10.6 Å². The zero-order valence-corrected chi connectivity index (χ0v) is 9.29. The second-order valence-electron chi connectivity index (χ2n) is 3.59. The normalized spacial score (nSPS) is 20.1. The molecule has 3 nitrogen and oxygen atoms in total. The van der Waals surface area contributed by atoms with E-state index in [9.17, 15) is 13.6 Å². The van der Waals surface area contributed by atoms with Crippen LogP contribution in [0.1, 0.15) is 19.3 Å². The molecule has 15 heavy (non-hydrogen) atoms. The maximum atomic E-state index is 11.7. The third-order valence-corrected chi connectivity index (χ3v) is 2.40. The third-order valence-electron chi connectivity index (χ3n) is 2.40. The lowest BCUT2D eigenvalue weighted by atomic mass is 10.0. The number of halogens is 3. The summed E-state index contributed by atoms with van der Waals surface area (Å²) in [7, 11) is 0. The van der Waals surface area contributed by atoms with E-state index in [1.165, 1.54) is 0 Å². The maximum absolute atomic E-state index is 11.7. The van der Waals surface area contributed by atoms with Gasteiger partial charge < -0.3 is 10.6 Å². The summed E-state index contributed by atoms with van der Waals surface area (Å²) in [4.78, 5) is 11.0. The van der Waals surface area contributed by atoms with Gasteiger partial charge in [0.1, 0.15) is 0 Å². The van der Waals surface area contributed by atoms with Crippen molar-refractivity contribution in [3.05, 3.63) is 0 Å². The van der Waals surface area contributed by atoms with Gasteiger partial charge in [0.2, 0.25) is 5.91 Å². The van der Waals surface area contributed by atoms with Gasteiger partial charge in [-0.15, -0.1) is 12.4 Å². The van der Waals surface area contributed by atoms with Crippen molar-refractivity contribution in [2.75, 3.05) is 19.6 Å². The molecular formula is C9H17ClF2N2O. The number of nitrogens with one attached hydrogen (secondary N) is 2. The number of carbonyl (C=O) groups excluding carboxylic acids is 1. The molecule has 1 aliphatic rings. The van der Waals surface area contributed by atoms with E-state index in [0.717, 1.165) is 25.9 Å². The molecule has 6 heteroatoms. The number of rotatable bonds is 5. The smallest absolute Gasteiger partial charge is 0.255 e. The monoisotopic (exact) mass is 242 g/mol. The van der Waals surface area contributed by atoms with Gasteiger partial charge in [-0.2, -0.15) is 0 Å². The van der Waals surface area contributed by atoms with Crippen LogP contribution in [0.25, 0.3) is 0 Å². The number of alkyl halides is 2. The van der Waals surface area contributed by atoms with Crippen LogP contribution in [-0.2, 0) is 4.79 Å². The molecule has 90 valence electrons. The number of hydrogen-bond acceptors (Lipinski definition) is 2. The third kappa shape index (κ3) is 6.62. The zero-order valence-electron chi connectivity index (χ0n) is 8.47. The van der Waals surface area contributed by atoms with Crippen LogP contribution in [0.2, 0.25) is 0 Å². The SMILES string of the molecule is Cl.O=C(CCC1CCNC1)NCC(F)F. The molecule has 1 fully saturated rings. The van der Waals surface area contributed by atoms with Crippen molar-refractivity contribution in [1.82, 2.24) is 10.6 Å². The van der Waals surface area contributed by atoms with E-state index in [2.05, 4.69) is 10.6 Å². The molecule has 0 bridgehead atoms. The van der Waals surface area contributed by atoms with Crippen LogP contribution in [0.4, 0.5) is 8.78 Å². The topological polar surface area (TPSA) is 41.1 Å². The van der Waals surface area contributed by atoms with Gasteiger partial charge >= 0.3 is 0 Å². The lowest BCUT2D eigenvalue weighted by Gasteiger charge is -2.08. The van der Waals surface area contributed by atoms with Crippen molar-refractivity contribution < 1.29 is 13.6 Å². The minimum absolute atomic E-state index is 0. The summed E-state index contributed by atoms with van der Waals surface area (Å²) in [6.45, 7) is 1.42. The Morgan fingerprint density at radius 3 is 2.80 bits per heavy atom. The number of hydrogen-bond donors (Lipinski definition) is 2. The average Bonchev–Trinajstić information content (AvgIpc) is 2.63. The lowest BCUT2D eigenvalue weighted by Crippen LogP contribution is -2.28. The minimum Gasteiger partial charge on any atom is -0.350 e. The van der Waals surface area contributed by atoms with Crippen molar-refractivity contribution in [2.45, 2.75) is 25.7 Å². The number of carbonyl (C=O) groups is 1. The molecule has 0 radical (unpaired) electrons. The highest BCUT2D eigenvalue weighted by molar-refractivity contribution is 5.85. The highest BCUT2D eigenvalue weighted by Crippen LogP contribution is 2.13. The Hall–Kier alpha value is -0.420. The molecule has 0 aromatic carbocycles. The van der Waals surface area contributed by atoms with E-state index in [1.54, 1.807) is 0 Å². The minimum atomic E-state index is -2.45. The zero-order chi connectivity index (χ0) is 10.4. The van der Waals surface area contributed by atoms with Crippen LogP contribution in [0, 0.1) is 5.92 Å². The highest BCUT2D eigenvalue weighted by Gasteiger charge is 2.15. The van der Waals surface area contributed by atoms with Crippen molar-refractivity contribution >= 4 is 18.3 Å². The molecule has 0 spiro atoms. The van der Waals surface area contributed by atoms with Gasteiger partial charge in [0.05, 0.1) is 6.54 Å². The molecule has 0 aromatic heterocycles. The summed E-state index contributed by atoms with van der Waals surface area (Å²) in [6.07, 6.45) is -0.212. The van der Waals surface area contributed by atoms with E-state index in [0.29, 0.717) is 12.3 Å². The average molecular weight is 243 g/mol. The van der Waals surface area contributed by atoms with Gasteiger partial charge in [-0.3, -0.25) is 4.79 Å². The van der Waals surface area contributed by atoms with Crippen LogP contribution in [0.15, 0.2) is 0 Å². The van der Waals surface area contributed by atoms with Crippen LogP contribution in [0.3, 0.4) is 0 Å². The summed E-state index contributed by atoms with van der Waals surface area (Å²) < 4.78 is 23.4. The highest BCUT2D eigenvalue weighted by atomic mass is 35.5. The van der Waals surface area contributed by atoms with Gasteiger partial charge in [-0.05, 0) is 31.8 Å². The molecule has 1 rings (SSSR count). The van der Waals surface area contributed by atoms with Crippen LogP contribution >= 0.6 is 12.4 Å². The molecule has 1 unspecified atom stereocenters. The standard InChI is InChI=1S/C9H16F2N2O.ClH/c10-8(11)6-13-9(14)2-1-7-3-4-12-5-7;/h7-8,12H,1-6H2,(H,13,14);1H. The lowest BCUT2D eigenvalue weighted by molar-refractivity contribution is -0.122. The quantitative estimate of drug-likeness (QED) is 0.760. The molecular weight excluding hydrogens is 226 g/mol. The van der Waals surface area contributed by atoms with E-state index in [-0.39, 0.29) is 18.3 Å². The molecule has 0 aliphatic carbocycles. The van der Waals surface area contributed by atoms with E-state index < -0.39 is 13.0 Å². The fraction of sp³-hybridized carbons (Fsp3) is 0.889. The van der Waals surface area contributed by atoms with Crippen molar-refractivity contribution in [3.63, 3.8) is 0 Å². The van der Waals surface area contributed by atoms with Crippen molar-refractivity contribution in [3.8, 4) is 0 Å². The van der Waals surface area contributed by atoms with Crippen molar-refractivity contribution in [1.29, 1.82) is 0 Å². The Labute approximate surface area is 94.4 Å². The Morgan fingerprint density at radius 1 is 1.53 bits per heavy atom. The molecule has 1 atom stereocenters. The Balaban J connectivity index is 0.00000196. The first-order valence-corrected chi connectivity index (χ1v) is 4.94. The Morgan fingerprint density at radius 2 is 2.27 bits per heavy atom. The van der Waals surface area contributed by atoms with Gasteiger partial charge in [-0.1, -0.05) is 0 Å². The second kappa shape index (κ2) is 7.82. The van der Waals surface area contributed by atoms with Gasteiger partial charge in [0, 0.05) is 6.42 Å². The largest absolute Gasteiger partial charge is 0.350 e. The van der Waals surface area contributed by atoms with E-state index in [4.69, 9.17) is 0 Å². The predicted octanol–water partition coefficient (Wildman–Crippen LogP) is 1.18. The molecule has 1 aliphatic heterocycles. The molecule has 0 saturated carbocycles. The summed E-state index contributed by atoms with van der Waals surface area (Å²) >= 11 is 0. The maximum Gasteiger partial charge on any atom is 0.255 e. The Kier molecular flexibility index (Phi) is 7.60. The van der Waals surface area contributed by atoms with Gasteiger partial charge in [0.25, 0.3) is 6.43 Å². The summed E-state index contributed by atoms with van der Waals surface area (Å²) in [6, 6.07) is 0. The van der Waals surface area contributed by atoms with Crippen LogP contribution in [-0.4, -0.2) is 32.0 Å². The molecule has 2 N–H and O–H groups in total. The first-order chi connectivity index (χ1) is 6.68. The fourth-order valence-electron chi connectivity index (χ4n) is 1.58. The van der Waals surface area contributed by atoms with E-state index in [1.807, 2.05) is 0 Å². The summed E-state index contributed by atoms with van der Waals surface area (Å²) in [5.74, 6) is 0.268. The second-order valence-corrected chi connectivity index (χ2v) is 3.59. The van der Waals surface area contributed by atoms with Crippen LogP contribution in [0.5, 0.6) is 0 Å². The fourth-order valence-corrected chi connectivity index (χ4v) is 1.58. The van der Waals surface area contributed by atoms with Gasteiger partial charge in [-0.25, -0.2) is 8.78 Å². The predicted molar refractivity (Wildman–Crippen MR) is 56.5 cm³/mol. The summed E-state index contributed by atoms with van der Waals surface area (Å²) in [5, 5.41) is 5.39. The Bertz CT molecular complexity index is 187. The molecule has 1 heterocycles. The first kappa shape index (κ1) is 14.6. The van der Waals surface area contributed by atoms with E-state index >= 15 is 0 Å². The summed E-state index contributed by atoms with van der Waals surface area (Å²) in [5.41, 5.74) is 0. The molecule has 0 aromatic rings. The molecule has 1 amide bonds. The molecule has 1 saturated heterocycles. The van der Waals surface area contributed by atoms with Crippen molar-refractivity contribution in [2.24, 2.45) is 5.92 Å². The first-order valence-electron chi connectivity index (χ1n) is 4.94. The van der Waals surface area contributed by atoms with Gasteiger partial charge in [0.15, 0.2) is 0 Å². The number of amides is 1.